The number of nitro benzene ring substituents is 1. The number of halogens is 1. The lowest BCUT2D eigenvalue weighted by Gasteiger charge is -2.13. The van der Waals surface area contributed by atoms with E-state index < -0.39 is 35.0 Å². The molecule has 0 aromatic heterocycles. The molecule has 2 fully saturated rings. The average Bonchev–Trinajstić information content (AvgIpc) is 3.40. The summed E-state index contributed by atoms with van der Waals surface area (Å²) >= 11 is 3.19. The number of rotatable bonds is 7. The third-order valence-electron chi connectivity index (χ3n) is 5.66. The molecule has 162 valence electrons. The number of hydrazone groups is 1. The molecular formula is C20H18BrN3O7. The predicted molar refractivity (Wildman–Crippen MR) is 110 cm³/mol. The third-order valence-corrected chi connectivity index (χ3v) is 6.12. The number of hydrogen-bond acceptors (Lipinski definition) is 8. The molecule has 1 aromatic carbocycles. The van der Waals surface area contributed by atoms with Crippen LogP contribution in [0.4, 0.5) is 5.69 Å². The molecule has 2 bridgehead atoms. The highest BCUT2D eigenvalue weighted by Gasteiger charge is 2.59. The number of amides is 2. The van der Waals surface area contributed by atoms with E-state index in [1.165, 1.54) is 12.1 Å². The van der Waals surface area contributed by atoms with Gasteiger partial charge < -0.3 is 9.47 Å². The quantitative estimate of drug-likeness (QED) is 0.143. The second-order valence-corrected chi connectivity index (χ2v) is 8.34. The SMILES string of the molecule is CCOC(=O)COc1c(C=NN2C(=O)C3C4C=CC(C4)C3C2=O)cc(Br)cc1[N+](=O)[O-]. The minimum atomic E-state index is -0.691. The lowest BCUT2D eigenvalue weighted by molar-refractivity contribution is -0.385. The standard InChI is InChI=1S/C20H18BrN3O7/c1-2-30-15(25)9-31-18-12(6-13(21)7-14(18)24(28)29)8-22-23-19(26)16-10-3-4-11(5-10)17(16)20(23)27/h3-4,6-8,10-11,16-17H,2,5,9H2,1H3. The number of esters is 1. The van der Waals surface area contributed by atoms with Crippen molar-refractivity contribution in [1.29, 1.82) is 0 Å². The average molecular weight is 492 g/mol. The highest BCUT2D eigenvalue weighted by atomic mass is 79.9. The minimum Gasteiger partial charge on any atom is -0.474 e. The minimum absolute atomic E-state index is 0.0436. The first-order chi connectivity index (χ1) is 14.8. The summed E-state index contributed by atoms with van der Waals surface area (Å²) in [6.07, 6.45) is 5.91. The van der Waals surface area contributed by atoms with Crippen molar-refractivity contribution in [3.63, 3.8) is 0 Å². The van der Waals surface area contributed by atoms with Gasteiger partial charge in [-0.05, 0) is 31.2 Å². The Morgan fingerprint density at radius 3 is 2.52 bits per heavy atom. The first-order valence-electron chi connectivity index (χ1n) is 9.68. The molecule has 1 aromatic rings. The van der Waals surface area contributed by atoms with Crippen LogP contribution in [0.1, 0.15) is 18.9 Å². The van der Waals surface area contributed by atoms with E-state index in [-0.39, 0.29) is 41.6 Å². The van der Waals surface area contributed by atoms with E-state index in [2.05, 4.69) is 21.0 Å². The molecule has 2 amide bonds. The van der Waals surface area contributed by atoms with Crippen LogP contribution in [-0.4, -0.2) is 47.1 Å². The van der Waals surface area contributed by atoms with E-state index in [1.807, 2.05) is 12.2 Å². The van der Waals surface area contributed by atoms with Crippen LogP contribution in [0.5, 0.6) is 5.75 Å². The van der Waals surface area contributed by atoms with Gasteiger partial charge in [0.15, 0.2) is 6.61 Å². The van der Waals surface area contributed by atoms with Crippen LogP contribution in [0.25, 0.3) is 0 Å². The number of ether oxygens (including phenoxy) is 2. The monoisotopic (exact) mass is 491 g/mol. The maximum absolute atomic E-state index is 12.8. The second-order valence-electron chi connectivity index (χ2n) is 7.43. The Hall–Kier alpha value is -3.08. The Balaban J connectivity index is 1.62. The number of nitrogens with zero attached hydrogens (tertiary/aromatic N) is 3. The lowest BCUT2D eigenvalue weighted by Crippen LogP contribution is -2.28. The largest absolute Gasteiger partial charge is 0.474 e. The lowest BCUT2D eigenvalue weighted by atomic mass is 9.85. The zero-order chi connectivity index (χ0) is 22.3. The molecule has 1 aliphatic heterocycles. The van der Waals surface area contributed by atoms with Crippen molar-refractivity contribution >= 4 is 45.6 Å². The number of carbonyl (C=O) groups excluding carboxylic acids is 3. The van der Waals surface area contributed by atoms with Gasteiger partial charge in [0.05, 0.1) is 29.6 Å². The zero-order valence-electron chi connectivity index (χ0n) is 16.4. The molecule has 0 spiro atoms. The molecule has 11 heteroatoms. The van der Waals surface area contributed by atoms with Gasteiger partial charge in [0.25, 0.3) is 11.8 Å². The number of hydrogen-bond donors (Lipinski definition) is 0. The normalized spacial score (nSPS) is 26.1. The maximum Gasteiger partial charge on any atom is 0.344 e. The Morgan fingerprint density at radius 1 is 1.29 bits per heavy atom. The van der Waals surface area contributed by atoms with Gasteiger partial charge in [-0.1, -0.05) is 28.1 Å². The van der Waals surface area contributed by atoms with Crippen molar-refractivity contribution < 1.29 is 28.8 Å². The van der Waals surface area contributed by atoms with Crippen molar-refractivity contribution in [1.82, 2.24) is 5.01 Å². The number of fused-ring (bicyclic) bond motifs is 5. The molecule has 0 radical (unpaired) electrons. The van der Waals surface area contributed by atoms with Gasteiger partial charge in [-0.2, -0.15) is 10.1 Å². The van der Waals surface area contributed by atoms with Crippen LogP contribution < -0.4 is 4.74 Å². The van der Waals surface area contributed by atoms with Crippen LogP contribution in [0, 0.1) is 33.8 Å². The number of allylic oxidation sites excluding steroid dienone is 2. The molecule has 31 heavy (non-hydrogen) atoms. The van der Waals surface area contributed by atoms with Crippen LogP contribution in [0.3, 0.4) is 0 Å². The van der Waals surface area contributed by atoms with E-state index in [4.69, 9.17) is 9.47 Å². The van der Waals surface area contributed by atoms with E-state index in [0.717, 1.165) is 17.6 Å². The van der Waals surface area contributed by atoms with Gasteiger partial charge in [0.2, 0.25) is 5.75 Å². The molecule has 10 nitrogen and oxygen atoms in total. The third kappa shape index (κ3) is 3.73. The Morgan fingerprint density at radius 2 is 1.94 bits per heavy atom. The first kappa shape index (κ1) is 21.2. The van der Waals surface area contributed by atoms with Crippen molar-refractivity contribution in [2.45, 2.75) is 13.3 Å². The molecule has 2 aliphatic carbocycles. The summed E-state index contributed by atoms with van der Waals surface area (Å²) in [4.78, 5) is 48.0. The molecule has 1 saturated heterocycles. The highest BCUT2D eigenvalue weighted by Crippen LogP contribution is 2.52. The molecule has 0 N–H and O–H groups in total. The highest BCUT2D eigenvalue weighted by molar-refractivity contribution is 9.10. The van der Waals surface area contributed by atoms with Crippen LogP contribution >= 0.6 is 15.9 Å². The van der Waals surface area contributed by atoms with Crippen molar-refractivity contribution in [3.8, 4) is 5.75 Å². The number of nitro groups is 1. The van der Waals surface area contributed by atoms with Gasteiger partial charge in [-0.15, -0.1) is 0 Å². The Bertz CT molecular complexity index is 1010. The van der Waals surface area contributed by atoms with Crippen LogP contribution in [0.15, 0.2) is 33.9 Å². The molecule has 1 saturated carbocycles. The number of benzene rings is 1. The molecule has 1 heterocycles. The maximum atomic E-state index is 12.8. The summed E-state index contributed by atoms with van der Waals surface area (Å²) in [5, 5.41) is 16.4. The first-order valence-corrected chi connectivity index (χ1v) is 10.5. The van der Waals surface area contributed by atoms with Crippen molar-refractivity contribution in [2.24, 2.45) is 28.8 Å². The second kappa shape index (κ2) is 8.22. The topological polar surface area (TPSA) is 128 Å². The summed E-state index contributed by atoms with van der Waals surface area (Å²) in [6.45, 7) is 1.22. The van der Waals surface area contributed by atoms with E-state index in [0.29, 0.717) is 4.47 Å². The molecule has 3 aliphatic rings. The van der Waals surface area contributed by atoms with Gasteiger partial charge in [0, 0.05) is 16.1 Å². The molecule has 4 rings (SSSR count). The fourth-order valence-corrected chi connectivity index (χ4v) is 4.91. The summed E-state index contributed by atoms with van der Waals surface area (Å²) in [5.41, 5.74) is -0.276. The summed E-state index contributed by atoms with van der Waals surface area (Å²) in [5.74, 6) is -2.38. The van der Waals surface area contributed by atoms with E-state index in [9.17, 15) is 24.5 Å². The van der Waals surface area contributed by atoms with Gasteiger partial charge in [-0.3, -0.25) is 19.7 Å². The fraction of sp³-hybridized carbons (Fsp3) is 0.400. The summed E-state index contributed by atoms with van der Waals surface area (Å²) in [7, 11) is 0. The van der Waals surface area contributed by atoms with Crippen LogP contribution in [0.2, 0.25) is 0 Å². The van der Waals surface area contributed by atoms with E-state index in [1.54, 1.807) is 6.92 Å². The van der Waals surface area contributed by atoms with Crippen molar-refractivity contribution in [2.75, 3.05) is 13.2 Å². The van der Waals surface area contributed by atoms with Gasteiger partial charge >= 0.3 is 11.7 Å². The Labute approximate surface area is 185 Å². The van der Waals surface area contributed by atoms with Crippen molar-refractivity contribution in [3.05, 3.63) is 44.4 Å². The van der Waals surface area contributed by atoms with E-state index >= 15 is 0 Å². The van der Waals surface area contributed by atoms with Gasteiger partial charge in [0.1, 0.15) is 0 Å². The smallest absolute Gasteiger partial charge is 0.344 e. The Kier molecular flexibility index (Phi) is 5.61. The zero-order valence-corrected chi connectivity index (χ0v) is 18.0. The summed E-state index contributed by atoms with van der Waals surface area (Å²) < 4.78 is 10.5. The molecule has 4 unspecified atom stereocenters. The summed E-state index contributed by atoms with van der Waals surface area (Å²) in [6, 6.07) is 2.70. The fourth-order valence-electron chi connectivity index (χ4n) is 4.44. The molecule has 4 atom stereocenters. The number of carbonyl (C=O) groups is 3. The van der Waals surface area contributed by atoms with Gasteiger partial charge in [-0.25, -0.2) is 4.79 Å². The molecular weight excluding hydrogens is 474 g/mol. The van der Waals surface area contributed by atoms with Crippen LogP contribution in [-0.2, 0) is 19.1 Å². The predicted octanol–water partition coefficient (Wildman–Crippen LogP) is 2.44. The number of imide groups is 1.